The minimum absolute atomic E-state index is 0.0318. The second-order valence-electron chi connectivity index (χ2n) is 3.61. The molecule has 0 aliphatic rings. The molecule has 96 valence electrons. The van der Waals surface area contributed by atoms with Gasteiger partial charge < -0.3 is 24.1 Å². The van der Waals surface area contributed by atoms with E-state index < -0.39 is 18.2 Å². The first-order valence-corrected chi connectivity index (χ1v) is 5.18. The van der Waals surface area contributed by atoms with Gasteiger partial charge in [-0.2, -0.15) is 0 Å². The number of rotatable bonds is 7. The Morgan fingerprint density at radius 1 is 1.25 bits per heavy atom. The average Bonchev–Trinajstić information content (AvgIpc) is 2.15. The molecule has 0 aliphatic heterocycles. The lowest BCUT2D eigenvalue weighted by molar-refractivity contribution is -0.304. The fraction of sp³-hybridized carbons (Fsp3) is 0.900. The molecule has 0 rings (SSSR count). The largest absolute Gasteiger partial charge is 0.508 e. The summed E-state index contributed by atoms with van der Waals surface area (Å²) in [6, 6.07) is 0. The van der Waals surface area contributed by atoms with Crippen LogP contribution in [-0.4, -0.2) is 43.2 Å². The van der Waals surface area contributed by atoms with E-state index in [1.54, 1.807) is 27.7 Å². The van der Waals surface area contributed by atoms with Gasteiger partial charge in [-0.15, -0.1) is 0 Å². The van der Waals surface area contributed by atoms with Crippen molar-refractivity contribution in [1.82, 2.24) is 0 Å². The molecule has 0 aromatic rings. The Balaban J connectivity index is 3.89. The fourth-order valence-corrected chi connectivity index (χ4v) is 0.876. The number of hydrogen-bond acceptors (Lipinski definition) is 6. The molecule has 0 aromatic heterocycles. The van der Waals surface area contributed by atoms with Crippen LogP contribution in [0.25, 0.3) is 0 Å². The Bertz CT molecular complexity index is 203. The molecule has 16 heavy (non-hydrogen) atoms. The molecule has 0 aliphatic carbocycles. The summed E-state index contributed by atoms with van der Waals surface area (Å²) in [6.07, 6.45) is -0.759. The van der Waals surface area contributed by atoms with Crippen LogP contribution in [0.4, 0.5) is 4.79 Å². The molecule has 0 saturated carbocycles. The summed E-state index contributed by atoms with van der Waals surface area (Å²) in [5, 5.41) is 9.24. The third kappa shape index (κ3) is 7.44. The van der Waals surface area contributed by atoms with Crippen molar-refractivity contribution in [3.63, 3.8) is 0 Å². The summed E-state index contributed by atoms with van der Waals surface area (Å²) < 4.78 is 19.3. The van der Waals surface area contributed by atoms with Crippen molar-refractivity contribution in [2.24, 2.45) is 0 Å². The standard InChI is InChI=1S/C10H20O6/c1-5-13-8(11)15-7-10(3,4)16-9(12)14-6-2/h9,12H,5-7H2,1-4H3. The maximum Gasteiger partial charge on any atom is 0.508 e. The lowest BCUT2D eigenvalue weighted by Crippen LogP contribution is -2.37. The predicted octanol–water partition coefficient (Wildman–Crippen LogP) is 1.27. The number of aliphatic hydroxyl groups excluding tert-OH is 1. The molecule has 1 unspecified atom stereocenters. The Morgan fingerprint density at radius 3 is 2.38 bits per heavy atom. The molecule has 6 nitrogen and oxygen atoms in total. The van der Waals surface area contributed by atoms with E-state index in [0.717, 1.165) is 0 Å². The number of carbonyl (C=O) groups is 1. The van der Waals surface area contributed by atoms with E-state index in [9.17, 15) is 9.90 Å². The van der Waals surface area contributed by atoms with Gasteiger partial charge in [0.1, 0.15) is 12.2 Å². The molecule has 0 bridgehead atoms. The number of ether oxygens (including phenoxy) is 4. The molecular formula is C10H20O6. The zero-order valence-corrected chi connectivity index (χ0v) is 10.2. The van der Waals surface area contributed by atoms with Crippen LogP contribution in [0.2, 0.25) is 0 Å². The Morgan fingerprint density at radius 2 is 1.88 bits per heavy atom. The third-order valence-corrected chi connectivity index (χ3v) is 1.53. The van der Waals surface area contributed by atoms with E-state index >= 15 is 0 Å². The number of hydrogen-bond donors (Lipinski definition) is 1. The molecule has 1 atom stereocenters. The van der Waals surface area contributed by atoms with E-state index in [1.165, 1.54) is 0 Å². The van der Waals surface area contributed by atoms with Crippen LogP contribution < -0.4 is 0 Å². The maximum atomic E-state index is 10.9. The topological polar surface area (TPSA) is 74.2 Å². The minimum Gasteiger partial charge on any atom is -0.435 e. The molecule has 1 N–H and O–H groups in total. The molecule has 6 heteroatoms. The van der Waals surface area contributed by atoms with Crippen LogP contribution in [0.3, 0.4) is 0 Å². The molecule has 0 aromatic carbocycles. The second-order valence-corrected chi connectivity index (χ2v) is 3.61. The van der Waals surface area contributed by atoms with Crippen LogP contribution in [0.15, 0.2) is 0 Å². The number of carbonyl (C=O) groups excluding carboxylic acids is 1. The van der Waals surface area contributed by atoms with Crippen LogP contribution in [0.1, 0.15) is 27.7 Å². The summed E-state index contributed by atoms with van der Waals surface area (Å²) in [6.45, 7) is 5.96. The molecule has 0 saturated heterocycles. The molecule has 0 spiro atoms. The van der Waals surface area contributed by atoms with Gasteiger partial charge in [0.15, 0.2) is 0 Å². The highest BCUT2D eigenvalue weighted by atomic mass is 16.8. The highest BCUT2D eigenvalue weighted by molar-refractivity contribution is 5.59. The van der Waals surface area contributed by atoms with Crippen LogP contribution in [0.5, 0.6) is 0 Å². The lowest BCUT2D eigenvalue weighted by atomic mass is 10.1. The summed E-state index contributed by atoms with van der Waals surface area (Å²) in [7, 11) is 0. The summed E-state index contributed by atoms with van der Waals surface area (Å²) in [5.41, 5.74) is -0.846. The second kappa shape index (κ2) is 7.43. The molecule has 0 radical (unpaired) electrons. The highest BCUT2D eigenvalue weighted by Gasteiger charge is 2.25. The van der Waals surface area contributed by atoms with Crippen molar-refractivity contribution in [3.05, 3.63) is 0 Å². The van der Waals surface area contributed by atoms with Gasteiger partial charge in [-0.1, -0.05) is 0 Å². The van der Waals surface area contributed by atoms with E-state index in [-0.39, 0.29) is 13.2 Å². The van der Waals surface area contributed by atoms with Crippen LogP contribution in [0, 0.1) is 0 Å². The molecule has 0 fully saturated rings. The summed E-state index contributed by atoms with van der Waals surface area (Å²) in [4.78, 5) is 10.9. The highest BCUT2D eigenvalue weighted by Crippen LogP contribution is 2.13. The quantitative estimate of drug-likeness (QED) is 0.530. The Kier molecular flexibility index (Phi) is 7.03. The van der Waals surface area contributed by atoms with Gasteiger partial charge in [0, 0.05) is 6.61 Å². The van der Waals surface area contributed by atoms with Crippen molar-refractivity contribution >= 4 is 6.16 Å². The first-order chi connectivity index (χ1) is 7.41. The Labute approximate surface area is 95.4 Å². The maximum absolute atomic E-state index is 10.9. The predicted molar refractivity (Wildman–Crippen MR) is 55.8 cm³/mol. The van der Waals surface area contributed by atoms with Gasteiger partial charge in [-0.3, -0.25) is 0 Å². The summed E-state index contributed by atoms with van der Waals surface area (Å²) in [5.74, 6) is 0. The van der Waals surface area contributed by atoms with Gasteiger partial charge in [0.2, 0.25) is 0 Å². The fourth-order valence-electron chi connectivity index (χ4n) is 0.876. The van der Waals surface area contributed by atoms with Crippen molar-refractivity contribution < 1.29 is 28.8 Å². The molecular weight excluding hydrogens is 216 g/mol. The zero-order valence-electron chi connectivity index (χ0n) is 10.2. The lowest BCUT2D eigenvalue weighted by Gasteiger charge is -2.26. The summed E-state index contributed by atoms with van der Waals surface area (Å²) >= 11 is 0. The smallest absolute Gasteiger partial charge is 0.435 e. The number of aliphatic hydroxyl groups is 1. The van der Waals surface area contributed by atoms with Crippen molar-refractivity contribution in [2.45, 2.75) is 39.8 Å². The van der Waals surface area contributed by atoms with E-state index in [0.29, 0.717) is 6.61 Å². The average molecular weight is 236 g/mol. The molecule has 0 heterocycles. The van der Waals surface area contributed by atoms with Gasteiger partial charge >= 0.3 is 6.16 Å². The zero-order chi connectivity index (χ0) is 12.6. The first-order valence-electron chi connectivity index (χ1n) is 5.18. The Hall–Kier alpha value is -0.850. The van der Waals surface area contributed by atoms with E-state index in [2.05, 4.69) is 4.74 Å². The van der Waals surface area contributed by atoms with E-state index in [4.69, 9.17) is 14.2 Å². The minimum atomic E-state index is -1.33. The van der Waals surface area contributed by atoms with Crippen molar-refractivity contribution in [1.29, 1.82) is 0 Å². The van der Waals surface area contributed by atoms with Crippen molar-refractivity contribution in [2.75, 3.05) is 19.8 Å². The van der Waals surface area contributed by atoms with Gasteiger partial charge in [-0.25, -0.2) is 4.79 Å². The monoisotopic (exact) mass is 236 g/mol. The van der Waals surface area contributed by atoms with Gasteiger partial charge in [0.25, 0.3) is 6.48 Å². The first kappa shape index (κ1) is 15.2. The molecule has 0 amide bonds. The normalized spacial score (nSPS) is 13.3. The van der Waals surface area contributed by atoms with Crippen molar-refractivity contribution in [3.8, 4) is 0 Å². The van der Waals surface area contributed by atoms with Gasteiger partial charge in [-0.05, 0) is 27.7 Å². The van der Waals surface area contributed by atoms with Crippen LogP contribution in [-0.2, 0) is 18.9 Å². The van der Waals surface area contributed by atoms with Crippen LogP contribution >= 0.6 is 0 Å². The van der Waals surface area contributed by atoms with Gasteiger partial charge in [0.05, 0.1) is 6.61 Å². The van der Waals surface area contributed by atoms with E-state index in [1.807, 2.05) is 0 Å². The SMILES string of the molecule is CCOC(=O)OCC(C)(C)OC(O)OCC. The third-order valence-electron chi connectivity index (χ3n) is 1.53.